The van der Waals surface area contributed by atoms with E-state index < -0.39 is 34.2 Å². The standard InChI is InChI=1S/C6H10F4OS/c1-5(2,3-7)12(11)4-6(8,9)10/h3-4H2,1-2H3. The van der Waals surface area contributed by atoms with Crippen LogP contribution in [0, 0.1) is 0 Å². The van der Waals surface area contributed by atoms with E-state index in [1.165, 1.54) is 13.8 Å². The highest BCUT2D eigenvalue weighted by Gasteiger charge is 2.37. The van der Waals surface area contributed by atoms with Gasteiger partial charge in [-0.25, -0.2) is 4.39 Å². The molecular formula is C6H10F4OS. The van der Waals surface area contributed by atoms with Crippen molar-refractivity contribution < 1.29 is 21.8 Å². The lowest BCUT2D eigenvalue weighted by Gasteiger charge is -2.20. The van der Waals surface area contributed by atoms with Gasteiger partial charge in [-0.05, 0) is 13.8 Å². The predicted molar refractivity (Wildman–Crippen MR) is 39.1 cm³/mol. The number of alkyl halides is 4. The van der Waals surface area contributed by atoms with Crippen LogP contribution in [0.2, 0.25) is 0 Å². The molecule has 1 atom stereocenters. The second-order valence-corrected chi connectivity index (χ2v) is 5.08. The molecule has 0 bridgehead atoms. The van der Waals surface area contributed by atoms with Crippen LogP contribution < -0.4 is 0 Å². The molecule has 0 aliphatic carbocycles. The molecule has 0 rings (SSSR count). The van der Waals surface area contributed by atoms with Crippen LogP contribution in [0.25, 0.3) is 0 Å². The van der Waals surface area contributed by atoms with Gasteiger partial charge in [0.2, 0.25) is 0 Å². The molecule has 0 N–H and O–H groups in total. The first-order valence-corrected chi connectivity index (χ1v) is 4.52. The minimum Gasteiger partial charge on any atom is -0.259 e. The molecule has 0 saturated carbocycles. The first-order valence-electron chi connectivity index (χ1n) is 3.20. The van der Waals surface area contributed by atoms with E-state index in [0.717, 1.165) is 0 Å². The van der Waals surface area contributed by atoms with Crippen molar-refractivity contribution in [2.45, 2.75) is 24.8 Å². The highest BCUT2D eigenvalue weighted by Crippen LogP contribution is 2.22. The summed E-state index contributed by atoms with van der Waals surface area (Å²) in [6.45, 7) is 1.39. The lowest BCUT2D eigenvalue weighted by Crippen LogP contribution is -2.35. The van der Waals surface area contributed by atoms with Crippen LogP contribution in [0.1, 0.15) is 13.8 Å². The molecule has 74 valence electrons. The van der Waals surface area contributed by atoms with Crippen LogP contribution in [0.5, 0.6) is 0 Å². The van der Waals surface area contributed by atoms with Gasteiger partial charge in [-0.2, -0.15) is 13.2 Å². The molecule has 1 nitrogen and oxygen atoms in total. The molecule has 0 amide bonds. The molecule has 0 aromatic heterocycles. The van der Waals surface area contributed by atoms with Gasteiger partial charge in [0.15, 0.2) is 0 Å². The minimum absolute atomic E-state index is 1.02. The SMILES string of the molecule is CC(C)(CF)S(=O)CC(F)(F)F. The summed E-state index contributed by atoms with van der Waals surface area (Å²) in [6.07, 6.45) is -4.49. The molecule has 0 aliphatic rings. The summed E-state index contributed by atoms with van der Waals surface area (Å²) in [4.78, 5) is 0. The summed E-state index contributed by atoms with van der Waals surface area (Å²) in [7, 11) is -2.20. The fourth-order valence-electron chi connectivity index (χ4n) is 0.405. The molecule has 0 heterocycles. The van der Waals surface area contributed by atoms with E-state index in [1.54, 1.807) is 0 Å². The van der Waals surface area contributed by atoms with Crippen molar-refractivity contribution in [3.8, 4) is 0 Å². The van der Waals surface area contributed by atoms with Crippen molar-refractivity contribution in [1.82, 2.24) is 0 Å². The molecule has 1 unspecified atom stereocenters. The Bertz CT molecular complexity index is 175. The Hall–Kier alpha value is -0.130. The van der Waals surface area contributed by atoms with Crippen LogP contribution in [0.3, 0.4) is 0 Å². The Balaban J connectivity index is 4.23. The van der Waals surface area contributed by atoms with Crippen LogP contribution in [0.15, 0.2) is 0 Å². The van der Waals surface area contributed by atoms with Crippen molar-refractivity contribution in [2.24, 2.45) is 0 Å². The van der Waals surface area contributed by atoms with Gasteiger partial charge in [0.1, 0.15) is 12.4 Å². The van der Waals surface area contributed by atoms with Gasteiger partial charge in [0.05, 0.1) is 4.75 Å². The first kappa shape index (κ1) is 11.9. The monoisotopic (exact) mass is 206 g/mol. The Kier molecular flexibility index (Phi) is 3.68. The van der Waals surface area contributed by atoms with Gasteiger partial charge >= 0.3 is 6.18 Å². The third kappa shape index (κ3) is 4.04. The zero-order chi connectivity index (χ0) is 9.99. The van der Waals surface area contributed by atoms with E-state index in [4.69, 9.17) is 0 Å². The van der Waals surface area contributed by atoms with Gasteiger partial charge in [0.25, 0.3) is 0 Å². The molecule has 0 aliphatic heterocycles. The van der Waals surface area contributed by atoms with Gasteiger partial charge < -0.3 is 0 Å². The number of hydrogen-bond acceptors (Lipinski definition) is 1. The first-order chi connectivity index (χ1) is 5.19. The largest absolute Gasteiger partial charge is 0.400 e. The third-order valence-corrected chi connectivity index (χ3v) is 3.16. The van der Waals surface area contributed by atoms with Crippen LogP contribution >= 0.6 is 0 Å². The second-order valence-electron chi connectivity index (χ2n) is 3.00. The van der Waals surface area contributed by atoms with Crippen LogP contribution in [0.4, 0.5) is 17.6 Å². The minimum atomic E-state index is -4.49. The third-order valence-electron chi connectivity index (χ3n) is 1.23. The van der Waals surface area contributed by atoms with E-state index in [-0.39, 0.29) is 0 Å². The van der Waals surface area contributed by atoms with E-state index in [2.05, 4.69) is 0 Å². The van der Waals surface area contributed by atoms with Crippen LogP contribution in [-0.4, -0.2) is 27.6 Å². The quantitative estimate of drug-likeness (QED) is 0.646. The number of halogens is 4. The Morgan fingerprint density at radius 3 is 1.92 bits per heavy atom. The van der Waals surface area contributed by atoms with Crippen molar-refractivity contribution >= 4 is 10.8 Å². The average molecular weight is 206 g/mol. The normalized spacial score (nSPS) is 16.2. The maximum Gasteiger partial charge on any atom is 0.400 e. The fraction of sp³-hybridized carbons (Fsp3) is 1.00. The molecule has 0 aromatic rings. The molecule has 0 radical (unpaired) electrons. The number of rotatable bonds is 3. The lowest BCUT2D eigenvalue weighted by atomic mass is 10.2. The molecule has 0 spiro atoms. The van der Waals surface area contributed by atoms with E-state index in [9.17, 15) is 21.8 Å². The zero-order valence-corrected chi connectivity index (χ0v) is 7.56. The van der Waals surface area contributed by atoms with Crippen LogP contribution in [-0.2, 0) is 10.8 Å². The molecule has 0 saturated heterocycles. The Morgan fingerprint density at radius 2 is 1.67 bits per heavy atom. The zero-order valence-electron chi connectivity index (χ0n) is 6.74. The Morgan fingerprint density at radius 1 is 1.25 bits per heavy atom. The molecular weight excluding hydrogens is 196 g/mol. The Labute approximate surface area is 70.6 Å². The summed E-state index contributed by atoms with van der Waals surface area (Å²) in [5, 5.41) is 0. The van der Waals surface area contributed by atoms with Gasteiger partial charge in [0, 0.05) is 10.8 Å². The van der Waals surface area contributed by atoms with Crippen molar-refractivity contribution in [2.75, 3.05) is 12.4 Å². The van der Waals surface area contributed by atoms with E-state index >= 15 is 0 Å². The van der Waals surface area contributed by atoms with E-state index in [0.29, 0.717) is 0 Å². The van der Waals surface area contributed by atoms with E-state index in [1.807, 2.05) is 0 Å². The average Bonchev–Trinajstić information content (AvgIpc) is 1.84. The summed E-state index contributed by atoms with van der Waals surface area (Å²) in [5.41, 5.74) is 0. The van der Waals surface area contributed by atoms with Crippen molar-refractivity contribution in [1.29, 1.82) is 0 Å². The predicted octanol–water partition coefficient (Wildman–Crippen LogP) is 2.05. The molecule has 6 heteroatoms. The lowest BCUT2D eigenvalue weighted by molar-refractivity contribution is -0.106. The second kappa shape index (κ2) is 3.72. The van der Waals surface area contributed by atoms with Crippen molar-refractivity contribution in [3.05, 3.63) is 0 Å². The molecule has 0 aromatic carbocycles. The van der Waals surface area contributed by atoms with Gasteiger partial charge in [-0.3, -0.25) is 4.21 Å². The summed E-state index contributed by atoms with van der Waals surface area (Å²) >= 11 is 0. The fourth-order valence-corrected chi connectivity index (χ4v) is 1.21. The van der Waals surface area contributed by atoms with Crippen molar-refractivity contribution in [3.63, 3.8) is 0 Å². The topological polar surface area (TPSA) is 17.1 Å². The summed E-state index contributed by atoms with van der Waals surface area (Å²) in [6, 6.07) is 0. The molecule has 0 fully saturated rings. The maximum absolute atomic E-state index is 12.0. The molecule has 12 heavy (non-hydrogen) atoms. The highest BCUT2D eigenvalue weighted by molar-refractivity contribution is 7.86. The highest BCUT2D eigenvalue weighted by atomic mass is 32.2. The maximum atomic E-state index is 12.0. The van der Waals surface area contributed by atoms with Gasteiger partial charge in [-0.1, -0.05) is 0 Å². The summed E-state index contributed by atoms with van der Waals surface area (Å²) < 4.78 is 56.5. The summed E-state index contributed by atoms with van der Waals surface area (Å²) in [5.74, 6) is -1.44. The van der Waals surface area contributed by atoms with Gasteiger partial charge in [-0.15, -0.1) is 0 Å². The number of hydrogen-bond donors (Lipinski definition) is 0. The smallest absolute Gasteiger partial charge is 0.259 e.